The van der Waals surface area contributed by atoms with Gasteiger partial charge in [-0.05, 0) is 122 Å². The number of esters is 3. The molecule has 0 spiro atoms. The van der Waals surface area contributed by atoms with E-state index in [9.17, 15) is 14.4 Å². The first-order valence-corrected chi connectivity index (χ1v) is 35.6. The average molecular weight is 1140 g/mol. The van der Waals surface area contributed by atoms with Crippen molar-refractivity contribution in [2.45, 2.75) is 367 Å². The first-order valence-electron chi connectivity index (χ1n) is 35.6. The molecule has 6 nitrogen and oxygen atoms in total. The molecule has 0 rings (SSSR count). The smallest absolute Gasteiger partial charge is 0.306 e. The van der Waals surface area contributed by atoms with Gasteiger partial charge in [0.15, 0.2) is 6.10 Å². The Bertz CT molecular complexity index is 1550. The molecule has 0 amide bonds. The summed E-state index contributed by atoms with van der Waals surface area (Å²) in [5.41, 5.74) is 0. The Morgan fingerprint density at radius 2 is 0.439 bits per heavy atom. The molecule has 0 aromatic carbocycles. The zero-order valence-electron chi connectivity index (χ0n) is 54.5. The monoisotopic (exact) mass is 1140 g/mol. The van der Waals surface area contributed by atoms with Crippen LogP contribution in [0.3, 0.4) is 0 Å². The highest BCUT2D eigenvalue weighted by molar-refractivity contribution is 5.71. The van der Waals surface area contributed by atoms with Crippen molar-refractivity contribution in [1.29, 1.82) is 0 Å². The molecule has 0 saturated carbocycles. The van der Waals surface area contributed by atoms with Crippen LogP contribution >= 0.6 is 0 Å². The fourth-order valence-electron chi connectivity index (χ4n) is 10.2. The van der Waals surface area contributed by atoms with Crippen molar-refractivity contribution < 1.29 is 28.6 Å². The molecule has 0 saturated heterocycles. The molecule has 0 radical (unpaired) electrons. The highest BCUT2D eigenvalue weighted by atomic mass is 16.6. The first kappa shape index (κ1) is 78.6. The summed E-state index contributed by atoms with van der Waals surface area (Å²) in [7, 11) is 0. The van der Waals surface area contributed by atoms with Crippen molar-refractivity contribution in [3.8, 4) is 0 Å². The first-order chi connectivity index (χ1) is 40.5. The molecule has 0 N–H and O–H groups in total. The Balaban J connectivity index is 4.30. The maximum absolute atomic E-state index is 13.0. The van der Waals surface area contributed by atoms with Crippen molar-refractivity contribution in [3.05, 3.63) is 85.1 Å². The normalized spacial score (nSPS) is 12.6. The van der Waals surface area contributed by atoms with E-state index in [-0.39, 0.29) is 31.1 Å². The van der Waals surface area contributed by atoms with Gasteiger partial charge in [-0.2, -0.15) is 0 Å². The topological polar surface area (TPSA) is 78.9 Å². The van der Waals surface area contributed by atoms with E-state index in [1.807, 2.05) is 0 Å². The van der Waals surface area contributed by atoms with Crippen molar-refractivity contribution in [2.24, 2.45) is 0 Å². The quantitative estimate of drug-likeness (QED) is 0.0261. The van der Waals surface area contributed by atoms with Gasteiger partial charge in [-0.3, -0.25) is 14.4 Å². The molecule has 0 aliphatic heterocycles. The van der Waals surface area contributed by atoms with E-state index in [2.05, 4.69) is 106 Å². The van der Waals surface area contributed by atoms with E-state index < -0.39 is 6.10 Å². The van der Waals surface area contributed by atoms with Gasteiger partial charge in [-0.15, -0.1) is 0 Å². The van der Waals surface area contributed by atoms with E-state index in [0.29, 0.717) is 19.3 Å². The van der Waals surface area contributed by atoms with Gasteiger partial charge < -0.3 is 14.2 Å². The van der Waals surface area contributed by atoms with Crippen LogP contribution in [0.25, 0.3) is 0 Å². The number of unbranched alkanes of at least 4 members (excludes halogenated alkanes) is 40. The van der Waals surface area contributed by atoms with E-state index in [4.69, 9.17) is 14.2 Å². The summed E-state index contributed by atoms with van der Waals surface area (Å²) in [6.45, 7) is 6.62. The Morgan fingerprint density at radius 3 is 0.720 bits per heavy atom. The lowest BCUT2D eigenvalue weighted by atomic mass is 10.0. The van der Waals surface area contributed by atoms with Crippen molar-refractivity contribution >= 4 is 17.9 Å². The van der Waals surface area contributed by atoms with Crippen LogP contribution < -0.4 is 0 Å². The van der Waals surface area contributed by atoms with Gasteiger partial charge in [0.1, 0.15) is 13.2 Å². The fourth-order valence-corrected chi connectivity index (χ4v) is 10.2. The molecule has 0 aromatic rings. The number of rotatable bonds is 65. The third-order valence-corrected chi connectivity index (χ3v) is 15.6. The molecule has 474 valence electrons. The molecule has 0 aliphatic rings. The van der Waals surface area contributed by atoms with Gasteiger partial charge in [0.25, 0.3) is 0 Å². The second-order valence-electron chi connectivity index (χ2n) is 23.8. The lowest BCUT2D eigenvalue weighted by Gasteiger charge is -2.18. The molecule has 0 bridgehead atoms. The van der Waals surface area contributed by atoms with Crippen molar-refractivity contribution in [3.63, 3.8) is 0 Å². The highest BCUT2D eigenvalue weighted by Gasteiger charge is 2.19. The van der Waals surface area contributed by atoms with Gasteiger partial charge in [0.05, 0.1) is 0 Å². The second-order valence-corrected chi connectivity index (χ2v) is 23.8. The van der Waals surface area contributed by atoms with Crippen LogP contribution in [-0.4, -0.2) is 37.2 Å². The van der Waals surface area contributed by atoms with Crippen LogP contribution in [0.4, 0.5) is 0 Å². The minimum Gasteiger partial charge on any atom is -0.462 e. The van der Waals surface area contributed by atoms with Crippen LogP contribution in [0.2, 0.25) is 0 Å². The summed E-state index contributed by atoms with van der Waals surface area (Å²) < 4.78 is 17.0. The summed E-state index contributed by atoms with van der Waals surface area (Å²) in [4.78, 5) is 38.5. The van der Waals surface area contributed by atoms with Crippen LogP contribution in [-0.2, 0) is 28.6 Å². The number of hydrogen-bond acceptors (Lipinski definition) is 6. The Labute approximate surface area is 509 Å². The van der Waals surface area contributed by atoms with E-state index in [1.54, 1.807) is 0 Å². The number of carbonyl (C=O) groups is 3. The molecule has 1 unspecified atom stereocenters. The largest absolute Gasteiger partial charge is 0.462 e. The van der Waals surface area contributed by atoms with Crippen molar-refractivity contribution in [2.75, 3.05) is 13.2 Å². The van der Waals surface area contributed by atoms with E-state index in [0.717, 1.165) is 96.3 Å². The molecule has 0 aromatic heterocycles. The van der Waals surface area contributed by atoms with Crippen LogP contribution in [0, 0.1) is 0 Å². The Kier molecular flexibility index (Phi) is 67.2. The molecular weight excluding hydrogens is 1010 g/mol. The number of ether oxygens (including phenoxy) is 3. The number of carbonyl (C=O) groups excluding carboxylic acids is 3. The van der Waals surface area contributed by atoms with Crippen LogP contribution in [0.15, 0.2) is 85.1 Å². The summed E-state index contributed by atoms with van der Waals surface area (Å²) in [6.07, 6.45) is 93.2. The summed E-state index contributed by atoms with van der Waals surface area (Å²) in [5.74, 6) is -0.882. The van der Waals surface area contributed by atoms with Crippen LogP contribution in [0.5, 0.6) is 0 Å². The maximum Gasteiger partial charge on any atom is 0.306 e. The molecule has 0 fully saturated rings. The van der Waals surface area contributed by atoms with Gasteiger partial charge >= 0.3 is 17.9 Å². The Hall–Kier alpha value is -3.41. The fraction of sp³-hybridized carbons (Fsp3) is 0.776. The molecule has 82 heavy (non-hydrogen) atoms. The standard InChI is InChI=1S/C76H134O6/c1-4-7-10-13-16-19-22-25-28-31-33-34-35-36-37-38-39-40-41-42-44-45-48-51-54-57-60-63-66-69-75(78)81-72-73(71-80-74(77)68-65-62-59-56-53-50-47-30-27-24-21-18-15-12-9-6-3)82-76(79)70-67-64-61-58-55-52-49-46-43-32-29-26-23-20-17-14-11-8-5-2/h17,20-22,24-26,29-31,33,35-36,47,73H,4-16,18-19,23,27-28,32,34,37-46,48-72H2,1-3H3/b20-17-,24-21-,25-22-,29-26-,33-31-,36-35-,47-30-. The third kappa shape index (κ3) is 67.4. The molecule has 0 aliphatic carbocycles. The summed E-state index contributed by atoms with van der Waals surface area (Å²) in [5, 5.41) is 0. The Morgan fingerprint density at radius 1 is 0.244 bits per heavy atom. The minimum atomic E-state index is -0.787. The predicted molar refractivity (Wildman–Crippen MR) is 358 cm³/mol. The minimum absolute atomic E-state index is 0.0810. The average Bonchev–Trinajstić information content (AvgIpc) is 3.47. The molecular formula is C76H134O6. The maximum atomic E-state index is 13.0. The zero-order valence-corrected chi connectivity index (χ0v) is 54.5. The van der Waals surface area contributed by atoms with Gasteiger partial charge in [-0.25, -0.2) is 0 Å². The second kappa shape index (κ2) is 70.1. The lowest BCUT2D eigenvalue weighted by Crippen LogP contribution is -2.30. The van der Waals surface area contributed by atoms with E-state index >= 15 is 0 Å². The third-order valence-electron chi connectivity index (χ3n) is 15.6. The van der Waals surface area contributed by atoms with Crippen LogP contribution in [0.1, 0.15) is 361 Å². The van der Waals surface area contributed by atoms with Crippen molar-refractivity contribution in [1.82, 2.24) is 0 Å². The zero-order chi connectivity index (χ0) is 59.2. The lowest BCUT2D eigenvalue weighted by molar-refractivity contribution is -0.167. The molecule has 6 heteroatoms. The predicted octanol–water partition coefficient (Wildman–Crippen LogP) is 24.6. The number of hydrogen-bond donors (Lipinski definition) is 0. The van der Waals surface area contributed by atoms with E-state index in [1.165, 1.54) is 225 Å². The summed E-state index contributed by atoms with van der Waals surface area (Å²) >= 11 is 0. The van der Waals surface area contributed by atoms with Gasteiger partial charge in [-0.1, -0.05) is 305 Å². The summed E-state index contributed by atoms with van der Waals surface area (Å²) in [6, 6.07) is 0. The van der Waals surface area contributed by atoms with Gasteiger partial charge in [0.2, 0.25) is 0 Å². The molecule has 1 atom stereocenters. The number of allylic oxidation sites excluding steroid dienone is 14. The SMILES string of the molecule is CCCCC/C=C\C/C=C\CCCCCCCCCCCC(=O)OC(COC(=O)CCCCCCC/C=C\C/C=C\CCCCCC)COC(=O)CCCCCCCCCCCCCCCC/C=C\C/C=C\C/C=C\CCCCCCC. The molecule has 0 heterocycles. The van der Waals surface area contributed by atoms with Gasteiger partial charge in [0, 0.05) is 19.3 Å². The highest BCUT2D eigenvalue weighted by Crippen LogP contribution is 2.17.